The number of ether oxygens (including phenoxy) is 1. The Balaban J connectivity index is 1.82. The number of aromatic nitrogens is 2. The molecule has 0 spiro atoms. The van der Waals surface area contributed by atoms with E-state index in [4.69, 9.17) is 15.7 Å². The number of nitrogens with two attached hydrogens (primary N) is 1. The van der Waals surface area contributed by atoms with Crippen molar-refractivity contribution in [3.8, 4) is 0 Å². The van der Waals surface area contributed by atoms with Crippen molar-refractivity contribution in [2.75, 3.05) is 5.32 Å². The highest BCUT2D eigenvalue weighted by Crippen LogP contribution is 2.21. The normalized spacial score (nSPS) is 14.0. The van der Waals surface area contributed by atoms with E-state index < -0.39 is 0 Å². The van der Waals surface area contributed by atoms with Gasteiger partial charge in [0.15, 0.2) is 5.84 Å². The summed E-state index contributed by atoms with van der Waals surface area (Å²) in [5.74, 6) is -0.186. The number of fused-ring (bicyclic) bond motifs is 1. The van der Waals surface area contributed by atoms with E-state index in [9.17, 15) is 4.79 Å². The minimum Gasteiger partial charge on any atom is -0.409 e. The Hall–Kier alpha value is -2.87. The number of amides is 1. The molecule has 0 unspecified atom stereocenters. The molecule has 3 rings (SSSR count). The van der Waals surface area contributed by atoms with E-state index in [2.05, 4.69) is 20.7 Å². The molecule has 8 nitrogen and oxygen atoms in total. The maximum Gasteiger partial charge on any atom is 0.256 e. The van der Waals surface area contributed by atoms with Gasteiger partial charge in [-0.05, 0) is 23.3 Å². The molecule has 0 radical (unpaired) electrons. The molecule has 8 heteroatoms. The summed E-state index contributed by atoms with van der Waals surface area (Å²) in [5, 5.41) is 20.6. The van der Waals surface area contributed by atoms with Gasteiger partial charge >= 0.3 is 0 Å². The summed E-state index contributed by atoms with van der Waals surface area (Å²) in [4.78, 5) is 12.2. The number of oxime groups is 1. The highest BCUT2D eigenvalue weighted by atomic mass is 16.5. The maximum absolute atomic E-state index is 12.2. The molecule has 2 heterocycles. The predicted molar refractivity (Wildman–Crippen MR) is 74.0 cm³/mol. The number of amidine groups is 1. The van der Waals surface area contributed by atoms with Crippen LogP contribution < -0.4 is 11.1 Å². The molecular formula is C13H13N5O3. The molecule has 21 heavy (non-hydrogen) atoms. The monoisotopic (exact) mass is 287 g/mol. The van der Waals surface area contributed by atoms with Crippen molar-refractivity contribution in [2.24, 2.45) is 10.9 Å². The maximum atomic E-state index is 12.2. The molecule has 1 aliphatic heterocycles. The first-order valence-electron chi connectivity index (χ1n) is 6.21. The second-order valence-corrected chi connectivity index (χ2v) is 4.57. The van der Waals surface area contributed by atoms with Crippen LogP contribution in [-0.4, -0.2) is 27.1 Å². The fraction of sp³-hybridized carbons (Fsp3) is 0.154. The largest absolute Gasteiger partial charge is 0.409 e. The number of nitrogens with zero attached hydrogens (tertiary/aromatic N) is 2. The van der Waals surface area contributed by atoms with E-state index in [1.54, 1.807) is 12.1 Å². The van der Waals surface area contributed by atoms with Crippen LogP contribution in [0.3, 0.4) is 0 Å². The van der Waals surface area contributed by atoms with Crippen molar-refractivity contribution >= 4 is 17.6 Å². The smallest absolute Gasteiger partial charge is 0.256 e. The van der Waals surface area contributed by atoms with Gasteiger partial charge in [0.25, 0.3) is 5.91 Å². The van der Waals surface area contributed by atoms with E-state index in [-0.39, 0.29) is 17.6 Å². The Bertz CT molecular complexity index is 722. The number of nitrogens with one attached hydrogen (secondary N) is 2. The molecule has 1 aromatic carbocycles. The molecule has 5 N–H and O–H groups in total. The molecular weight excluding hydrogens is 274 g/mol. The number of rotatable bonds is 3. The highest BCUT2D eigenvalue weighted by Gasteiger charge is 2.17. The van der Waals surface area contributed by atoms with Gasteiger partial charge in [0, 0.05) is 5.56 Å². The van der Waals surface area contributed by atoms with Gasteiger partial charge in [-0.2, -0.15) is 5.10 Å². The summed E-state index contributed by atoms with van der Waals surface area (Å²) in [6.07, 6.45) is 1.36. The van der Waals surface area contributed by atoms with Crippen LogP contribution >= 0.6 is 0 Å². The van der Waals surface area contributed by atoms with E-state index in [0.717, 1.165) is 11.1 Å². The topological polar surface area (TPSA) is 126 Å². The van der Waals surface area contributed by atoms with Gasteiger partial charge in [-0.25, -0.2) is 0 Å². The Morgan fingerprint density at radius 1 is 1.43 bits per heavy atom. The van der Waals surface area contributed by atoms with Crippen LogP contribution in [-0.2, 0) is 18.0 Å². The van der Waals surface area contributed by atoms with Crippen LogP contribution in [0.4, 0.5) is 5.82 Å². The summed E-state index contributed by atoms with van der Waals surface area (Å²) < 4.78 is 5.31. The number of carbonyl (C=O) groups excluding carboxylic acids is 1. The minimum atomic E-state index is -0.319. The fourth-order valence-electron chi connectivity index (χ4n) is 2.13. The zero-order valence-corrected chi connectivity index (χ0v) is 11.0. The van der Waals surface area contributed by atoms with Crippen molar-refractivity contribution in [1.82, 2.24) is 10.2 Å². The summed E-state index contributed by atoms with van der Waals surface area (Å²) in [7, 11) is 0. The van der Waals surface area contributed by atoms with Crippen molar-refractivity contribution < 1.29 is 14.7 Å². The van der Waals surface area contributed by atoms with Gasteiger partial charge < -0.3 is 21.0 Å². The van der Waals surface area contributed by atoms with E-state index in [1.807, 2.05) is 6.07 Å². The molecule has 0 fully saturated rings. The molecule has 0 saturated carbocycles. The van der Waals surface area contributed by atoms with E-state index in [0.29, 0.717) is 24.3 Å². The summed E-state index contributed by atoms with van der Waals surface area (Å²) in [6, 6.07) is 5.38. The third kappa shape index (κ3) is 2.43. The lowest BCUT2D eigenvalue weighted by Gasteiger charge is -2.06. The van der Waals surface area contributed by atoms with Gasteiger partial charge in [-0.15, -0.1) is 0 Å². The minimum absolute atomic E-state index is 0.138. The number of benzene rings is 1. The zero-order valence-electron chi connectivity index (χ0n) is 11.0. The SMILES string of the molecule is NC(=NO)c1cn[nH]c1NC(=O)c1ccc2c(c1)COC2. The van der Waals surface area contributed by atoms with Gasteiger partial charge in [0.2, 0.25) is 0 Å². The van der Waals surface area contributed by atoms with Crippen LogP contribution in [0.2, 0.25) is 0 Å². The number of hydrogen-bond donors (Lipinski definition) is 4. The molecule has 2 aromatic rings. The molecule has 0 atom stereocenters. The highest BCUT2D eigenvalue weighted by molar-refractivity contribution is 6.08. The van der Waals surface area contributed by atoms with Crippen molar-refractivity contribution in [1.29, 1.82) is 0 Å². The zero-order chi connectivity index (χ0) is 14.8. The first-order chi connectivity index (χ1) is 10.2. The van der Waals surface area contributed by atoms with Crippen LogP contribution in [0.1, 0.15) is 27.0 Å². The van der Waals surface area contributed by atoms with Crippen LogP contribution in [0.25, 0.3) is 0 Å². The molecule has 1 aliphatic rings. The van der Waals surface area contributed by atoms with E-state index in [1.165, 1.54) is 6.20 Å². The van der Waals surface area contributed by atoms with Gasteiger partial charge in [-0.1, -0.05) is 11.2 Å². The second kappa shape index (κ2) is 5.25. The number of H-pyrrole nitrogens is 1. The molecule has 0 aliphatic carbocycles. The molecule has 1 amide bonds. The quantitative estimate of drug-likeness (QED) is 0.287. The number of hydrogen-bond acceptors (Lipinski definition) is 5. The number of carbonyl (C=O) groups is 1. The average molecular weight is 287 g/mol. The third-order valence-corrected chi connectivity index (χ3v) is 3.25. The molecule has 108 valence electrons. The molecule has 0 bridgehead atoms. The van der Waals surface area contributed by atoms with Gasteiger partial charge in [-0.3, -0.25) is 9.89 Å². The molecule has 0 saturated heterocycles. The predicted octanol–water partition coefficient (Wildman–Crippen LogP) is 0.787. The Morgan fingerprint density at radius 3 is 3.05 bits per heavy atom. The van der Waals surface area contributed by atoms with Crippen molar-refractivity contribution in [3.05, 3.63) is 46.6 Å². The third-order valence-electron chi connectivity index (χ3n) is 3.25. The number of anilines is 1. The van der Waals surface area contributed by atoms with Gasteiger partial charge in [0.05, 0.1) is 25.0 Å². The van der Waals surface area contributed by atoms with Crippen LogP contribution in [0, 0.1) is 0 Å². The standard InChI is InChI=1S/C13H13N5O3/c14-11(18-20)10-4-15-17-12(10)16-13(19)7-1-2-8-5-21-6-9(8)3-7/h1-4,20H,5-6H2,(H2,14,18)(H2,15,16,17,19). The second-order valence-electron chi connectivity index (χ2n) is 4.57. The molecule has 1 aromatic heterocycles. The first kappa shape index (κ1) is 13.1. The number of aromatic amines is 1. The summed E-state index contributed by atoms with van der Waals surface area (Å²) >= 11 is 0. The fourth-order valence-corrected chi connectivity index (χ4v) is 2.13. The lowest BCUT2D eigenvalue weighted by Crippen LogP contribution is -2.18. The lowest BCUT2D eigenvalue weighted by molar-refractivity contribution is 0.102. The summed E-state index contributed by atoms with van der Waals surface area (Å²) in [5.41, 5.74) is 8.41. The van der Waals surface area contributed by atoms with E-state index >= 15 is 0 Å². The first-order valence-corrected chi connectivity index (χ1v) is 6.21. The van der Waals surface area contributed by atoms with Crippen molar-refractivity contribution in [3.63, 3.8) is 0 Å². The Kier molecular flexibility index (Phi) is 3.28. The average Bonchev–Trinajstić information content (AvgIpc) is 3.14. The van der Waals surface area contributed by atoms with Gasteiger partial charge in [0.1, 0.15) is 5.82 Å². The van der Waals surface area contributed by atoms with Crippen LogP contribution in [0.15, 0.2) is 29.6 Å². The van der Waals surface area contributed by atoms with Crippen molar-refractivity contribution in [2.45, 2.75) is 13.2 Å². The lowest BCUT2D eigenvalue weighted by atomic mass is 10.1. The Labute approximate surface area is 119 Å². The van der Waals surface area contributed by atoms with Crippen LogP contribution in [0.5, 0.6) is 0 Å². The Morgan fingerprint density at radius 2 is 2.24 bits per heavy atom. The summed E-state index contributed by atoms with van der Waals surface area (Å²) in [6.45, 7) is 1.08.